The summed E-state index contributed by atoms with van der Waals surface area (Å²) >= 11 is 0. The molecule has 0 unspecified atom stereocenters. The first kappa shape index (κ1) is 14.2. The van der Waals surface area contributed by atoms with Crippen LogP contribution >= 0.6 is 0 Å². The second kappa shape index (κ2) is 6.79. The Morgan fingerprint density at radius 1 is 1.17 bits per heavy atom. The lowest BCUT2D eigenvalue weighted by molar-refractivity contribution is -0.117. The van der Waals surface area contributed by atoms with Crippen LogP contribution in [-0.2, 0) is 4.79 Å². The van der Waals surface area contributed by atoms with Crippen LogP contribution in [0.4, 0.5) is 5.69 Å². The SMILES string of the molecule is CCC(CC)CC(=O)Nc1ccc(C(=O)O)cc1. The van der Waals surface area contributed by atoms with Crippen LogP contribution in [0.15, 0.2) is 24.3 Å². The number of rotatable bonds is 6. The highest BCUT2D eigenvalue weighted by Gasteiger charge is 2.10. The molecular formula is C14H19NO3. The van der Waals surface area contributed by atoms with Gasteiger partial charge in [-0.25, -0.2) is 4.79 Å². The maximum Gasteiger partial charge on any atom is 0.335 e. The molecular weight excluding hydrogens is 230 g/mol. The maximum absolute atomic E-state index is 11.7. The highest BCUT2D eigenvalue weighted by Crippen LogP contribution is 2.15. The summed E-state index contributed by atoms with van der Waals surface area (Å²) in [7, 11) is 0. The smallest absolute Gasteiger partial charge is 0.335 e. The van der Waals surface area contributed by atoms with Crippen molar-refractivity contribution in [1.82, 2.24) is 0 Å². The van der Waals surface area contributed by atoms with Gasteiger partial charge in [0.15, 0.2) is 0 Å². The van der Waals surface area contributed by atoms with Crippen molar-refractivity contribution >= 4 is 17.6 Å². The first-order chi connectivity index (χ1) is 8.56. The van der Waals surface area contributed by atoms with Crippen molar-refractivity contribution in [3.8, 4) is 0 Å². The summed E-state index contributed by atoms with van der Waals surface area (Å²) in [6.45, 7) is 4.15. The number of aromatic carboxylic acids is 1. The fourth-order valence-corrected chi connectivity index (χ4v) is 1.75. The molecule has 0 radical (unpaired) electrons. The van der Waals surface area contributed by atoms with Gasteiger partial charge in [0.1, 0.15) is 0 Å². The zero-order chi connectivity index (χ0) is 13.5. The molecule has 0 fully saturated rings. The average Bonchev–Trinajstić information content (AvgIpc) is 2.36. The van der Waals surface area contributed by atoms with Crippen molar-refractivity contribution in [1.29, 1.82) is 0 Å². The minimum atomic E-state index is -0.968. The van der Waals surface area contributed by atoms with Crippen LogP contribution in [0.2, 0.25) is 0 Å². The van der Waals surface area contributed by atoms with E-state index in [4.69, 9.17) is 5.11 Å². The molecule has 0 spiro atoms. The number of anilines is 1. The topological polar surface area (TPSA) is 66.4 Å². The normalized spacial score (nSPS) is 10.4. The number of carboxylic acids is 1. The van der Waals surface area contributed by atoms with Crippen molar-refractivity contribution in [3.63, 3.8) is 0 Å². The molecule has 0 aliphatic heterocycles. The highest BCUT2D eigenvalue weighted by molar-refractivity contribution is 5.92. The number of carbonyl (C=O) groups is 2. The number of carboxylic acid groups (broad SMARTS) is 1. The lowest BCUT2D eigenvalue weighted by Gasteiger charge is -2.12. The van der Waals surface area contributed by atoms with Crippen LogP contribution in [0.25, 0.3) is 0 Å². The van der Waals surface area contributed by atoms with Gasteiger partial charge in [0.2, 0.25) is 5.91 Å². The predicted octanol–water partition coefficient (Wildman–Crippen LogP) is 3.15. The Balaban J connectivity index is 2.56. The molecule has 4 nitrogen and oxygen atoms in total. The van der Waals surface area contributed by atoms with E-state index >= 15 is 0 Å². The molecule has 0 atom stereocenters. The van der Waals surface area contributed by atoms with Gasteiger partial charge in [0, 0.05) is 12.1 Å². The van der Waals surface area contributed by atoms with Gasteiger partial charge in [-0.3, -0.25) is 4.79 Å². The molecule has 18 heavy (non-hydrogen) atoms. The van der Waals surface area contributed by atoms with E-state index in [1.165, 1.54) is 12.1 Å². The Morgan fingerprint density at radius 2 is 1.72 bits per heavy atom. The van der Waals surface area contributed by atoms with Crippen molar-refractivity contribution < 1.29 is 14.7 Å². The number of nitrogens with one attached hydrogen (secondary N) is 1. The van der Waals surface area contributed by atoms with E-state index < -0.39 is 5.97 Å². The van der Waals surface area contributed by atoms with Crippen molar-refractivity contribution in [2.45, 2.75) is 33.1 Å². The van der Waals surface area contributed by atoms with Crippen LogP contribution in [0, 0.1) is 5.92 Å². The van der Waals surface area contributed by atoms with Gasteiger partial charge in [-0.05, 0) is 30.2 Å². The molecule has 1 rings (SSSR count). The van der Waals surface area contributed by atoms with E-state index in [0.717, 1.165) is 12.8 Å². The Hall–Kier alpha value is -1.84. The van der Waals surface area contributed by atoms with Crippen LogP contribution < -0.4 is 5.32 Å². The van der Waals surface area contributed by atoms with Gasteiger partial charge in [-0.1, -0.05) is 26.7 Å². The Morgan fingerprint density at radius 3 is 2.17 bits per heavy atom. The molecule has 0 aliphatic rings. The molecule has 1 amide bonds. The largest absolute Gasteiger partial charge is 0.478 e. The molecule has 0 saturated heterocycles. The highest BCUT2D eigenvalue weighted by atomic mass is 16.4. The van der Waals surface area contributed by atoms with Gasteiger partial charge in [-0.15, -0.1) is 0 Å². The third kappa shape index (κ3) is 4.20. The average molecular weight is 249 g/mol. The molecule has 0 aliphatic carbocycles. The fourth-order valence-electron chi connectivity index (χ4n) is 1.75. The number of amides is 1. The van der Waals surface area contributed by atoms with E-state index in [1.54, 1.807) is 12.1 Å². The van der Waals surface area contributed by atoms with E-state index in [0.29, 0.717) is 18.0 Å². The molecule has 1 aromatic carbocycles. The Labute approximate surface area is 107 Å². The summed E-state index contributed by atoms with van der Waals surface area (Å²) in [6, 6.07) is 6.17. The summed E-state index contributed by atoms with van der Waals surface area (Å²) in [6.07, 6.45) is 2.48. The molecule has 2 N–H and O–H groups in total. The third-order valence-corrected chi connectivity index (χ3v) is 3.04. The Kier molecular flexibility index (Phi) is 5.36. The van der Waals surface area contributed by atoms with Gasteiger partial charge >= 0.3 is 5.97 Å². The molecule has 1 aromatic rings. The van der Waals surface area contributed by atoms with Crippen molar-refractivity contribution in [2.75, 3.05) is 5.32 Å². The van der Waals surface area contributed by atoms with Crippen LogP contribution in [0.1, 0.15) is 43.5 Å². The molecule has 0 saturated carbocycles. The monoisotopic (exact) mass is 249 g/mol. The standard InChI is InChI=1S/C14H19NO3/c1-3-10(4-2)9-13(16)15-12-7-5-11(6-8-12)14(17)18/h5-8,10H,3-4,9H2,1-2H3,(H,15,16)(H,17,18). The van der Waals surface area contributed by atoms with Gasteiger partial charge < -0.3 is 10.4 Å². The summed E-state index contributed by atoms with van der Waals surface area (Å²) in [5.74, 6) is -0.583. The second-order valence-corrected chi connectivity index (χ2v) is 4.32. The van der Waals surface area contributed by atoms with Gasteiger partial charge in [0.05, 0.1) is 5.56 Å². The minimum Gasteiger partial charge on any atom is -0.478 e. The van der Waals surface area contributed by atoms with E-state index in [9.17, 15) is 9.59 Å². The van der Waals surface area contributed by atoms with Crippen LogP contribution in [0.3, 0.4) is 0 Å². The maximum atomic E-state index is 11.7. The molecule has 0 heterocycles. The zero-order valence-corrected chi connectivity index (χ0v) is 10.8. The molecule has 4 heteroatoms. The van der Waals surface area contributed by atoms with E-state index in [2.05, 4.69) is 19.2 Å². The van der Waals surface area contributed by atoms with Crippen molar-refractivity contribution in [2.24, 2.45) is 5.92 Å². The first-order valence-corrected chi connectivity index (χ1v) is 6.20. The number of benzene rings is 1. The Bertz CT molecular complexity index is 408. The second-order valence-electron chi connectivity index (χ2n) is 4.32. The quantitative estimate of drug-likeness (QED) is 0.813. The molecule has 98 valence electrons. The molecule has 0 aromatic heterocycles. The fraction of sp³-hybridized carbons (Fsp3) is 0.429. The van der Waals surface area contributed by atoms with Gasteiger partial charge in [0.25, 0.3) is 0 Å². The zero-order valence-electron chi connectivity index (χ0n) is 10.8. The number of hydrogen-bond acceptors (Lipinski definition) is 2. The van der Waals surface area contributed by atoms with E-state index in [-0.39, 0.29) is 11.5 Å². The molecule has 0 bridgehead atoms. The lowest BCUT2D eigenvalue weighted by atomic mass is 9.99. The lowest BCUT2D eigenvalue weighted by Crippen LogP contribution is -2.16. The van der Waals surface area contributed by atoms with Crippen LogP contribution in [-0.4, -0.2) is 17.0 Å². The van der Waals surface area contributed by atoms with E-state index in [1.807, 2.05) is 0 Å². The summed E-state index contributed by atoms with van der Waals surface area (Å²) in [4.78, 5) is 22.4. The first-order valence-electron chi connectivity index (χ1n) is 6.20. The summed E-state index contributed by atoms with van der Waals surface area (Å²) < 4.78 is 0. The number of carbonyl (C=O) groups excluding carboxylic acids is 1. The third-order valence-electron chi connectivity index (χ3n) is 3.04. The predicted molar refractivity (Wildman–Crippen MR) is 70.7 cm³/mol. The number of hydrogen-bond donors (Lipinski definition) is 2. The minimum absolute atomic E-state index is 0.0215. The summed E-state index contributed by atoms with van der Waals surface area (Å²) in [5.41, 5.74) is 0.851. The summed E-state index contributed by atoms with van der Waals surface area (Å²) in [5, 5.41) is 11.5. The van der Waals surface area contributed by atoms with Crippen molar-refractivity contribution in [3.05, 3.63) is 29.8 Å². The van der Waals surface area contributed by atoms with Gasteiger partial charge in [-0.2, -0.15) is 0 Å². The van der Waals surface area contributed by atoms with Crippen LogP contribution in [0.5, 0.6) is 0 Å².